The first kappa shape index (κ1) is 15.7. The first-order valence-electron chi connectivity index (χ1n) is 5.16. The molecule has 0 aliphatic carbocycles. The van der Waals surface area contributed by atoms with E-state index in [4.69, 9.17) is 10.5 Å². The van der Waals surface area contributed by atoms with Crippen molar-refractivity contribution >= 4 is 24.1 Å². The maximum absolute atomic E-state index is 11.7. The second-order valence-corrected chi connectivity index (χ2v) is 3.60. The lowest BCUT2D eigenvalue weighted by Crippen LogP contribution is -2.33. The number of nitrogen functional groups attached to an aromatic ring is 1. The summed E-state index contributed by atoms with van der Waals surface area (Å²) in [5, 5.41) is 2.82. The topological polar surface area (TPSA) is 77.2 Å². The van der Waals surface area contributed by atoms with E-state index in [1.807, 2.05) is 6.92 Å². The lowest BCUT2D eigenvalue weighted by molar-refractivity contribution is 0.0924. The van der Waals surface area contributed by atoms with Crippen LogP contribution in [0.15, 0.2) is 18.2 Å². The van der Waals surface area contributed by atoms with E-state index in [1.54, 1.807) is 25.3 Å². The highest BCUT2D eigenvalue weighted by Gasteiger charge is 2.10. The van der Waals surface area contributed by atoms with Crippen molar-refractivity contribution in [2.24, 2.45) is 0 Å². The third-order valence-corrected chi connectivity index (χ3v) is 2.14. The molecular weight excluding hydrogens is 242 g/mol. The third kappa shape index (κ3) is 5.51. The van der Waals surface area contributed by atoms with Crippen LogP contribution in [0.3, 0.4) is 0 Å². The quantitative estimate of drug-likeness (QED) is 0.834. The van der Waals surface area contributed by atoms with Crippen molar-refractivity contribution in [2.45, 2.75) is 19.4 Å². The SMILES string of the molecule is COCCC(C)NC(=O)c1cccc(N)n1.Cl. The highest BCUT2D eigenvalue weighted by atomic mass is 35.5. The van der Waals surface area contributed by atoms with Gasteiger partial charge < -0.3 is 15.8 Å². The Morgan fingerprint density at radius 3 is 2.88 bits per heavy atom. The van der Waals surface area contributed by atoms with Crippen LogP contribution >= 0.6 is 12.4 Å². The minimum absolute atomic E-state index is 0. The predicted octanol–water partition coefficient (Wildman–Crippen LogP) is 1.24. The van der Waals surface area contributed by atoms with E-state index < -0.39 is 0 Å². The molecule has 5 nitrogen and oxygen atoms in total. The van der Waals surface area contributed by atoms with Crippen molar-refractivity contribution in [3.63, 3.8) is 0 Å². The van der Waals surface area contributed by atoms with Crippen LogP contribution in [0.5, 0.6) is 0 Å². The van der Waals surface area contributed by atoms with Gasteiger partial charge in [-0.2, -0.15) is 0 Å². The summed E-state index contributed by atoms with van der Waals surface area (Å²) in [6.45, 7) is 2.54. The molecule has 1 atom stereocenters. The van der Waals surface area contributed by atoms with Crippen LogP contribution in [-0.4, -0.2) is 30.6 Å². The molecule has 96 valence electrons. The van der Waals surface area contributed by atoms with Crippen molar-refractivity contribution in [2.75, 3.05) is 19.5 Å². The number of hydrogen-bond acceptors (Lipinski definition) is 4. The van der Waals surface area contributed by atoms with Crippen molar-refractivity contribution in [1.82, 2.24) is 10.3 Å². The van der Waals surface area contributed by atoms with Crippen LogP contribution in [0.25, 0.3) is 0 Å². The summed E-state index contributed by atoms with van der Waals surface area (Å²) in [5.41, 5.74) is 5.83. The minimum atomic E-state index is -0.212. The van der Waals surface area contributed by atoms with Crippen LogP contribution in [0.4, 0.5) is 5.82 Å². The fourth-order valence-corrected chi connectivity index (χ4v) is 1.24. The zero-order valence-corrected chi connectivity index (χ0v) is 10.8. The maximum atomic E-state index is 11.7. The smallest absolute Gasteiger partial charge is 0.270 e. The summed E-state index contributed by atoms with van der Waals surface area (Å²) in [6, 6.07) is 5.03. The van der Waals surface area contributed by atoms with E-state index in [9.17, 15) is 4.79 Å². The number of nitrogens with one attached hydrogen (secondary N) is 1. The number of carbonyl (C=O) groups excluding carboxylic acids is 1. The molecule has 17 heavy (non-hydrogen) atoms. The molecule has 1 unspecified atom stereocenters. The van der Waals surface area contributed by atoms with Gasteiger partial charge in [-0.15, -0.1) is 12.4 Å². The van der Waals surface area contributed by atoms with Crippen molar-refractivity contribution in [3.8, 4) is 0 Å². The Morgan fingerprint density at radius 1 is 1.59 bits per heavy atom. The van der Waals surface area contributed by atoms with Crippen LogP contribution in [0.2, 0.25) is 0 Å². The molecule has 0 bridgehead atoms. The van der Waals surface area contributed by atoms with Gasteiger partial charge in [0.15, 0.2) is 0 Å². The highest BCUT2D eigenvalue weighted by molar-refractivity contribution is 5.92. The standard InChI is InChI=1S/C11H17N3O2.ClH/c1-8(6-7-16-2)13-11(15)9-4-3-5-10(12)14-9;/h3-5,8H,6-7H2,1-2H3,(H2,12,14)(H,13,15);1H. The summed E-state index contributed by atoms with van der Waals surface area (Å²) in [4.78, 5) is 15.6. The number of hydrogen-bond donors (Lipinski definition) is 2. The molecule has 0 fully saturated rings. The molecule has 0 aromatic carbocycles. The van der Waals surface area contributed by atoms with E-state index in [1.165, 1.54) is 0 Å². The Kier molecular flexibility index (Phi) is 7.25. The molecule has 1 heterocycles. The molecule has 0 spiro atoms. The molecule has 0 radical (unpaired) electrons. The van der Waals surface area contributed by atoms with E-state index >= 15 is 0 Å². The molecule has 3 N–H and O–H groups in total. The van der Waals surface area contributed by atoms with E-state index in [0.717, 1.165) is 6.42 Å². The normalized spacial score (nSPS) is 11.4. The van der Waals surface area contributed by atoms with Gasteiger partial charge in [-0.05, 0) is 25.5 Å². The van der Waals surface area contributed by atoms with Gasteiger partial charge in [0.1, 0.15) is 11.5 Å². The maximum Gasteiger partial charge on any atom is 0.270 e. The number of rotatable bonds is 5. The van der Waals surface area contributed by atoms with Gasteiger partial charge >= 0.3 is 0 Å². The summed E-state index contributed by atoms with van der Waals surface area (Å²) in [6.07, 6.45) is 0.768. The lowest BCUT2D eigenvalue weighted by Gasteiger charge is -2.12. The zero-order valence-electron chi connectivity index (χ0n) is 9.97. The van der Waals surface area contributed by atoms with Gasteiger partial charge in [0.05, 0.1) is 0 Å². The Morgan fingerprint density at radius 2 is 2.29 bits per heavy atom. The van der Waals surface area contributed by atoms with Crippen molar-refractivity contribution in [3.05, 3.63) is 23.9 Å². The van der Waals surface area contributed by atoms with Gasteiger partial charge in [-0.3, -0.25) is 4.79 Å². The number of amides is 1. The molecule has 1 rings (SSSR count). The fraction of sp³-hybridized carbons (Fsp3) is 0.455. The van der Waals surface area contributed by atoms with Crippen LogP contribution in [-0.2, 0) is 4.74 Å². The van der Waals surface area contributed by atoms with Crippen molar-refractivity contribution < 1.29 is 9.53 Å². The Labute approximate surface area is 107 Å². The average Bonchev–Trinajstić information content (AvgIpc) is 2.26. The number of methoxy groups -OCH3 is 1. The number of ether oxygens (including phenoxy) is 1. The monoisotopic (exact) mass is 259 g/mol. The lowest BCUT2D eigenvalue weighted by atomic mass is 10.2. The average molecular weight is 260 g/mol. The van der Waals surface area contributed by atoms with Gasteiger partial charge in [0, 0.05) is 19.8 Å². The predicted molar refractivity (Wildman–Crippen MR) is 69.3 cm³/mol. The molecule has 1 aromatic rings. The Balaban J connectivity index is 0.00000256. The van der Waals surface area contributed by atoms with Crippen molar-refractivity contribution in [1.29, 1.82) is 0 Å². The Bertz CT molecular complexity index is 360. The molecular formula is C11H18ClN3O2. The largest absolute Gasteiger partial charge is 0.385 e. The van der Waals surface area contributed by atoms with E-state index in [-0.39, 0.29) is 24.4 Å². The number of nitrogens with zero attached hydrogens (tertiary/aromatic N) is 1. The molecule has 0 saturated heterocycles. The third-order valence-electron chi connectivity index (χ3n) is 2.14. The molecule has 1 amide bonds. The highest BCUT2D eigenvalue weighted by Crippen LogP contribution is 2.01. The summed E-state index contributed by atoms with van der Waals surface area (Å²) < 4.78 is 4.93. The number of pyridine rings is 1. The first-order valence-corrected chi connectivity index (χ1v) is 5.16. The molecule has 6 heteroatoms. The number of aromatic nitrogens is 1. The van der Waals surface area contributed by atoms with E-state index in [2.05, 4.69) is 10.3 Å². The fourth-order valence-electron chi connectivity index (χ4n) is 1.24. The molecule has 0 aliphatic rings. The van der Waals surface area contributed by atoms with Crippen LogP contribution < -0.4 is 11.1 Å². The van der Waals surface area contributed by atoms with Gasteiger partial charge in [-0.25, -0.2) is 4.98 Å². The number of halogens is 1. The Hall–Kier alpha value is -1.33. The minimum Gasteiger partial charge on any atom is -0.385 e. The number of anilines is 1. The van der Waals surface area contributed by atoms with Crippen LogP contribution in [0.1, 0.15) is 23.8 Å². The number of carbonyl (C=O) groups is 1. The summed E-state index contributed by atoms with van der Waals surface area (Å²) in [5.74, 6) is 0.132. The van der Waals surface area contributed by atoms with Gasteiger partial charge in [-0.1, -0.05) is 6.07 Å². The number of nitrogens with two attached hydrogens (primary N) is 1. The van der Waals surface area contributed by atoms with Gasteiger partial charge in [0.2, 0.25) is 0 Å². The van der Waals surface area contributed by atoms with E-state index in [0.29, 0.717) is 18.1 Å². The van der Waals surface area contributed by atoms with Crippen LogP contribution in [0, 0.1) is 0 Å². The summed E-state index contributed by atoms with van der Waals surface area (Å²) in [7, 11) is 1.63. The first-order chi connectivity index (χ1) is 7.63. The molecule has 0 aliphatic heterocycles. The molecule has 0 saturated carbocycles. The zero-order chi connectivity index (χ0) is 12.0. The summed E-state index contributed by atoms with van der Waals surface area (Å²) >= 11 is 0. The second kappa shape index (κ2) is 7.86. The van der Waals surface area contributed by atoms with Gasteiger partial charge in [0.25, 0.3) is 5.91 Å². The second-order valence-electron chi connectivity index (χ2n) is 3.60. The molecule has 1 aromatic heterocycles.